The maximum atomic E-state index is 12.4. The van der Waals surface area contributed by atoms with Gasteiger partial charge in [0.15, 0.2) is 23.3 Å². The molecule has 0 radical (unpaired) electrons. The summed E-state index contributed by atoms with van der Waals surface area (Å²) >= 11 is 1.13. The van der Waals surface area contributed by atoms with Gasteiger partial charge in [-0.2, -0.15) is 13.2 Å². The second-order valence-electron chi connectivity index (χ2n) is 5.75. The van der Waals surface area contributed by atoms with Crippen molar-refractivity contribution < 1.29 is 40.6 Å². The van der Waals surface area contributed by atoms with Crippen molar-refractivity contribution in [3.8, 4) is 17.2 Å². The zero-order valence-electron chi connectivity index (χ0n) is 15.1. The first-order valence-electron chi connectivity index (χ1n) is 8.14. The number of aromatic nitrogens is 3. The Labute approximate surface area is 169 Å². The van der Waals surface area contributed by atoms with Gasteiger partial charge in [-0.05, 0) is 12.1 Å². The number of pyridine rings is 1. The molecule has 0 fully saturated rings. The molecule has 30 heavy (non-hydrogen) atoms. The van der Waals surface area contributed by atoms with Gasteiger partial charge in [-0.3, -0.25) is 4.98 Å². The molecule has 2 heterocycles. The smallest absolute Gasteiger partial charge is 0.491 e. The number of fused-ring (bicyclic) bond motifs is 1. The Morgan fingerprint density at radius 3 is 2.53 bits per heavy atom. The lowest BCUT2D eigenvalue weighted by atomic mass is 10.3. The summed E-state index contributed by atoms with van der Waals surface area (Å²) in [4.78, 5) is 11.2. The first-order chi connectivity index (χ1) is 14.0. The van der Waals surface area contributed by atoms with Crippen molar-refractivity contribution in [1.82, 2.24) is 15.0 Å². The van der Waals surface area contributed by atoms with Crippen LogP contribution >= 0.6 is 11.8 Å². The predicted molar refractivity (Wildman–Crippen MR) is 94.7 cm³/mol. The molecule has 6 nitrogen and oxygen atoms in total. The molecule has 0 unspecified atom stereocenters. The molecule has 0 aliphatic heterocycles. The lowest BCUT2D eigenvalue weighted by Crippen LogP contribution is -2.19. The number of hydrogen-bond donors (Lipinski definition) is 1. The molecule has 2 aromatic heterocycles. The van der Waals surface area contributed by atoms with Gasteiger partial charge < -0.3 is 19.2 Å². The van der Waals surface area contributed by atoms with Crippen molar-refractivity contribution in [2.45, 2.75) is 23.4 Å². The van der Waals surface area contributed by atoms with Crippen LogP contribution in [0.15, 0.2) is 35.6 Å². The summed E-state index contributed by atoms with van der Waals surface area (Å²) < 4.78 is 88.0. The van der Waals surface area contributed by atoms with E-state index in [4.69, 9.17) is 9.47 Å². The van der Waals surface area contributed by atoms with Gasteiger partial charge in [0.25, 0.3) is 0 Å². The molecular weight excluding hydrogens is 440 g/mol. The fourth-order valence-corrected chi connectivity index (χ4v) is 3.26. The van der Waals surface area contributed by atoms with Crippen LogP contribution in [0.1, 0.15) is 5.69 Å². The fraction of sp³-hybridized carbons (Fsp3) is 0.294. The number of H-pyrrole nitrogens is 1. The lowest BCUT2D eigenvalue weighted by Gasteiger charge is -2.14. The van der Waals surface area contributed by atoms with Gasteiger partial charge in [-0.25, -0.2) is 4.98 Å². The third-order valence-electron chi connectivity index (χ3n) is 3.55. The Bertz CT molecular complexity index is 1020. The first kappa shape index (κ1) is 21.9. The third kappa shape index (κ3) is 5.84. The SMILES string of the molecule is COc1c(OCC(F)(F)F)ccnc1CSc1nc2ccc(OC(F)(F)F)cc2[nH]1. The topological polar surface area (TPSA) is 69.3 Å². The van der Waals surface area contributed by atoms with E-state index < -0.39 is 24.9 Å². The third-order valence-corrected chi connectivity index (χ3v) is 4.43. The number of nitrogens with zero attached hydrogens (tertiary/aromatic N) is 2. The molecule has 0 saturated heterocycles. The average Bonchev–Trinajstić information content (AvgIpc) is 3.04. The number of aromatic amines is 1. The number of methoxy groups -OCH3 is 1. The predicted octanol–water partition coefficient (Wildman–Crippen LogP) is 5.10. The lowest BCUT2D eigenvalue weighted by molar-refractivity contribution is -0.274. The Morgan fingerprint density at radius 1 is 1.10 bits per heavy atom. The molecule has 0 saturated carbocycles. The van der Waals surface area contributed by atoms with Crippen LogP contribution in [0.3, 0.4) is 0 Å². The molecule has 0 aliphatic carbocycles. The van der Waals surface area contributed by atoms with Gasteiger partial charge in [0, 0.05) is 24.1 Å². The van der Waals surface area contributed by atoms with Crippen LogP contribution in [-0.2, 0) is 5.75 Å². The summed E-state index contributed by atoms with van der Waals surface area (Å²) in [6.07, 6.45) is -8.04. The number of alkyl halides is 6. The highest BCUT2D eigenvalue weighted by Gasteiger charge is 2.31. The summed E-state index contributed by atoms with van der Waals surface area (Å²) in [5.74, 6) is -0.309. The van der Waals surface area contributed by atoms with E-state index in [2.05, 4.69) is 19.7 Å². The molecule has 0 spiro atoms. The zero-order chi connectivity index (χ0) is 21.9. The van der Waals surface area contributed by atoms with Crippen molar-refractivity contribution in [3.63, 3.8) is 0 Å². The summed E-state index contributed by atoms with van der Waals surface area (Å²) in [6.45, 7) is -1.48. The van der Waals surface area contributed by atoms with E-state index in [1.54, 1.807) is 0 Å². The fourth-order valence-electron chi connectivity index (χ4n) is 2.43. The van der Waals surface area contributed by atoms with Gasteiger partial charge in [0.2, 0.25) is 0 Å². The maximum Gasteiger partial charge on any atom is 0.573 e. The van der Waals surface area contributed by atoms with Crippen molar-refractivity contribution >= 4 is 22.8 Å². The highest BCUT2D eigenvalue weighted by atomic mass is 32.2. The second kappa shape index (κ2) is 8.50. The van der Waals surface area contributed by atoms with Crippen LogP contribution in [0.2, 0.25) is 0 Å². The molecular formula is C17H13F6N3O3S. The molecule has 3 aromatic rings. The zero-order valence-corrected chi connectivity index (χ0v) is 15.9. The Morgan fingerprint density at radius 2 is 1.87 bits per heavy atom. The van der Waals surface area contributed by atoms with Crippen LogP contribution in [0.5, 0.6) is 17.2 Å². The number of ether oxygens (including phenoxy) is 3. The number of nitrogens with one attached hydrogen (secondary N) is 1. The average molecular weight is 453 g/mol. The van der Waals surface area contributed by atoms with Crippen LogP contribution in [0.25, 0.3) is 11.0 Å². The standard InChI is InChI=1S/C17H13F6N3O3S/c1-27-14-12(24-5-4-13(14)28-8-16(18,19)20)7-30-15-25-10-3-2-9(6-11(10)26-15)29-17(21,22)23/h2-6H,7-8H2,1H3,(H,25,26). The van der Waals surface area contributed by atoms with E-state index in [0.29, 0.717) is 21.9 Å². The number of halogens is 6. The number of hydrogen-bond acceptors (Lipinski definition) is 6. The Balaban J connectivity index is 1.74. The summed E-state index contributed by atoms with van der Waals surface area (Å²) in [5.41, 5.74) is 1.04. The first-order valence-corrected chi connectivity index (χ1v) is 9.12. The van der Waals surface area contributed by atoms with E-state index in [9.17, 15) is 26.3 Å². The number of thioether (sulfide) groups is 1. The Kier molecular flexibility index (Phi) is 6.19. The highest BCUT2D eigenvalue weighted by Crippen LogP contribution is 2.34. The van der Waals surface area contributed by atoms with Crippen LogP contribution in [-0.4, -0.2) is 41.2 Å². The molecule has 1 aromatic carbocycles. The normalized spacial score (nSPS) is 12.2. The quantitative estimate of drug-likeness (QED) is 0.397. The molecule has 0 bridgehead atoms. The molecule has 0 aliphatic rings. The minimum Gasteiger partial charge on any atom is -0.491 e. The summed E-state index contributed by atoms with van der Waals surface area (Å²) in [6, 6.07) is 4.91. The Hall–Kier alpha value is -2.83. The number of imidazole rings is 1. The van der Waals surface area contributed by atoms with Crippen LogP contribution in [0.4, 0.5) is 26.3 Å². The monoisotopic (exact) mass is 453 g/mol. The minimum atomic E-state index is -4.81. The van der Waals surface area contributed by atoms with Gasteiger partial charge >= 0.3 is 12.5 Å². The summed E-state index contributed by atoms with van der Waals surface area (Å²) in [7, 11) is 1.27. The largest absolute Gasteiger partial charge is 0.573 e. The van der Waals surface area contributed by atoms with Crippen molar-refractivity contribution in [1.29, 1.82) is 0 Å². The molecule has 1 N–H and O–H groups in total. The van der Waals surface area contributed by atoms with Gasteiger partial charge in [0.1, 0.15) is 5.75 Å². The second-order valence-corrected chi connectivity index (χ2v) is 6.71. The van der Waals surface area contributed by atoms with E-state index in [-0.39, 0.29) is 17.3 Å². The van der Waals surface area contributed by atoms with Crippen LogP contribution < -0.4 is 14.2 Å². The van der Waals surface area contributed by atoms with Crippen molar-refractivity contribution in [2.75, 3.05) is 13.7 Å². The molecule has 0 amide bonds. The number of rotatable bonds is 7. The minimum absolute atomic E-state index is 0.0474. The van der Waals surface area contributed by atoms with E-state index in [0.717, 1.165) is 23.9 Å². The summed E-state index contributed by atoms with van der Waals surface area (Å²) in [5, 5.41) is 0.361. The molecule has 162 valence electrons. The van der Waals surface area contributed by atoms with E-state index in [1.807, 2.05) is 0 Å². The van der Waals surface area contributed by atoms with E-state index >= 15 is 0 Å². The maximum absolute atomic E-state index is 12.4. The van der Waals surface area contributed by atoms with Crippen molar-refractivity contribution in [2.24, 2.45) is 0 Å². The number of benzene rings is 1. The van der Waals surface area contributed by atoms with Crippen molar-refractivity contribution in [3.05, 3.63) is 36.2 Å². The molecule has 13 heteroatoms. The van der Waals surface area contributed by atoms with Gasteiger partial charge in [0.05, 0.1) is 23.8 Å². The van der Waals surface area contributed by atoms with Gasteiger partial charge in [-0.15, -0.1) is 13.2 Å². The van der Waals surface area contributed by atoms with Gasteiger partial charge in [-0.1, -0.05) is 11.8 Å². The molecule has 3 rings (SSSR count). The van der Waals surface area contributed by atoms with Crippen LogP contribution in [0, 0.1) is 0 Å². The molecule has 0 atom stereocenters. The highest BCUT2D eigenvalue weighted by molar-refractivity contribution is 7.98. The van der Waals surface area contributed by atoms with E-state index in [1.165, 1.54) is 25.4 Å².